The fourth-order valence-electron chi connectivity index (χ4n) is 3.18. The third-order valence-corrected chi connectivity index (χ3v) is 4.45. The summed E-state index contributed by atoms with van der Waals surface area (Å²) in [5, 5.41) is 13.8. The molecule has 0 saturated heterocycles. The highest BCUT2D eigenvalue weighted by Gasteiger charge is 2.28. The van der Waals surface area contributed by atoms with Crippen LogP contribution in [0.5, 0.6) is 0 Å². The number of aliphatic hydroxyl groups excluding tert-OH is 1. The van der Waals surface area contributed by atoms with Gasteiger partial charge in [0, 0.05) is 24.3 Å². The summed E-state index contributed by atoms with van der Waals surface area (Å²) in [6.45, 7) is 4.87. The summed E-state index contributed by atoms with van der Waals surface area (Å²) in [5.74, 6) is -0.0782. The number of rotatable bonds is 5. The number of hydrogen-bond donors (Lipinski definition) is 1. The monoisotopic (exact) mass is 313 g/mol. The molecule has 2 aromatic rings. The summed E-state index contributed by atoms with van der Waals surface area (Å²) in [6, 6.07) is 8.20. The minimum atomic E-state index is -0.0782. The number of benzene rings is 1. The van der Waals surface area contributed by atoms with Crippen LogP contribution in [0.2, 0.25) is 0 Å². The standard InChI is InChI=1S/C18H23N3O2/c1-3-20(11-12-22)18(23)17-15-5-4-6-16(15)21(19-17)14-9-7-13(2)8-10-14/h7-10,22H,3-6,11-12H2,1-2H3. The van der Waals surface area contributed by atoms with Gasteiger partial charge in [0.25, 0.3) is 5.91 Å². The Balaban J connectivity index is 2.01. The molecule has 1 aromatic heterocycles. The first-order valence-electron chi connectivity index (χ1n) is 8.23. The molecule has 1 amide bonds. The maximum Gasteiger partial charge on any atom is 0.274 e. The van der Waals surface area contributed by atoms with E-state index < -0.39 is 0 Å². The second-order valence-corrected chi connectivity index (χ2v) is 5.98. The molecule has 3 rings (SSSR count). The molecular formula is C18H23N3O2. The largest absolute Gasteiger partial charge is 0.395 e. The molecule has 5 heteroatoms. The van der Waals surface area contributed by atoms with Crippen molar-refractivity contribution < 1.29 is 9.90 Å². The highest BCUT2D eigenvalue weighted by atomic mass is 16.3. The van der Waals surface area contributed by atoms with Crippen molar-refractivity contribution in [3.8, 4) is 5.69 Å². The average Bonchev–Trinajstić information content (AvgIpc) is 3.15. The Hall–Kier alpha value is -2.14. The Bertz CT molecular complexity index is 704. The van der Waals surface area contributed by atoms with E-state index in [0.717, 1.165) is 36.2 Å². The van der Waals surface area contributed by atoms with E-state index in [1.807, 2.05) is 23.7 Å². The SMILES string of the molecule is CCN(CCO)C(=O)c1nn(-c2ccc(C)cc2)c2c1CCC2. The van der Waals surface area contributed by atoms with Crippen LogP contribution in [0.3, 0.4) is 0 Å². The summed E-state index contributed by atoms with van der Waals surface area (Å²) >= 11 is 0. The molecule has 1 N–H and O–H groups in total. The molecule has 1 aliphatic rings. The van der Waals surface area contributed by atoms with E-state index in [1.165, 1.54) is 5.56 Å². The molecule has 1 heterocycles. The van der Waals surface area contributed by atoms with Gasteiger partial charge in [0.15, 0.2) is 5.69 Å². The number of aliphatic hydroxyl groups is 1. The quantitative estimate of drug-likeness (QED) is 0.920. The van der Waals surface area contributed by atoms with Crippen LogP contribution in [-0.2, 0) is 12.8 Å². The lowest BCUT2D eigenvalue weighted by molar-refractivity contribution is 0.0724. The van der Waals surface area contributed by atoms with Gasteiger partial charge >= 0.3 is 0 Å². The molecule has 5 nitrogen and oxygen atoms in total. The first-order chi connectivity index (χ1) is 11.2. The van der Waals surface area contributed by atoms with Crippen LogP contribution in [-0.4, -0.2) is 45.4 Å². The minimum Gasteiger partial charge on any atom is -0.395 e. The van der Waals surface area contributed by atoms with Crippen molar-refractivity contribution in [3.63, 3.8) is 0 Å². The Morgan fingerprint density at radius 2 is 2.04 bits per heavy atom. The maximum atomic E-state index is 12.8. The summed E-state index contributed by atoms with van der Waals surface area (Å²) in [7, 11) is 0. The fourth-order valence-corrected chi connectivity index (χ4v) is 3.18. The van der Waals surface area contributed by atoms with Crippen LogP contribution < -0.4 is 0 Å². The molecule has 0 bridgehead atoms. The van der Waals surface area contributed by atoms with Gasteiger partial charge in [-0.25, -0.2) is 4.68 Å². The Morgan fingerprint density at radius 3 is 2.70 bits per heavy atom. The van der Waals surface area contributed by atoms with Crippen LogP contribution >= 0.6 is 0 Å². The summed E-state index contributed by atoms with van der Waals surface area (Å²) in [4.78, 5) is 14.4. The number of carbonyl (C=O) groups is 1. The smallest absolute Gasteiger partial charge is 0.274 e. The van der Waals surface area contributed by atoms with Crippen LogP contribution in [0.4, 0.5) is 0 Å². The number of carbonyl (C=O) groups excluding carboxylic acids is 1. The Labute approximate surface area is 136 Å². The summed E-state index contributed by atoms with van der Waals surface area (Å²) in [6.07, 6.45) is 2.92. The molecule has 23 heavy (non-hydrogen) atoms. The molecule has 0 saturated carbocycles. The molecule has 0 aliphatic heterocycles. The molecule has 0 radical (unpaired) electrons. The second kappa shape index (κ2) is 6.54. The van der Waals surface area contributed by atoms with Crippen molar-refractivity contribution in [1.82, 2.24) is 14.7 Å². The van der Waals surface area contributed by atoms with Crippen molar-refractivity contribution in [2.45, 2.75) is 33.1 Å². The lowest BCUT2D eigenvalue weighted by Gasteiger charge is -2.18. The number of aryl methyl sites for hydroxylation is 1. The molecule has 0 fully saturated rings. The van der Waals surface area contributed by atoms with Crippen LogP contribution in [0.25, 0.3) is 5.69 Å². The van der Waals surface area contributed by atoms with Gasteiger partial charge < -0.3 is 10.0 Å². The lowest BCUT2D eigenvalue weighted by Crippen LogP contribution is -2.34. The van der Waals surface area contributed by atoms with E-state index in [-0.39, 0.29) is 12.5 Å². The zero-order valence-electron chi connectivity index (χ0n) is 13.7. The highest BCUT2D eigenvalue weighted by Crippen LogP contribution is 2.28. The summed E-state index contributed by atoms with van der Waals surface area (Å²) in [5.41, 5.74) is 4.98. The second-order valence-electron chi connectivity index (χ2n) is 5.98. The van der Waals surface area contributed by atoms with Gasteiger partial charge in [0.05, 0.1) is 12.3 Å². The predicted octanol–water partition coefficient (Wildman–Crippen LogP) is 2.12. The number of amides is 1. The van der Waals surface area contributed by atoms with Crippen LogP contribution in [0, 0.1) is 6.92 Å². The molecule has 122 valence electrons. The number of hydrogen-bond acceptors (Lipinski definition) is 3. The number of aromatic nitrogens is 2. The Morgan fingerprint density at radius 1 is 1.30 bits per heavy atom. The number of likely N-dealkylation sites (N-methyl/N-ethyl adjacent to an activating group) is 1. The maximum absolute atomic E-state index is 12.8. The summed E-state index contributed by atoms with van der Waals surface area (Å²) < 4.78 is 1.92. The van der Waals surface area contributed by atoms with E-state index in [9.17, 15) is 4.79 Å². The van der Waals surface area contributed by atoms with Gasteiger partial charge in [0.2, 0.25) is 0 Å². The molecule has 0 spiro atoms. The molecule has 0 atom stereocenters. The first kappa shape index (κ1) is 15.7. The Kier molecular flexibility index (Phi) is 4.48. The zero-order chi connectivity index (χ0) is 16.4. The van der Waals surface area contributed by atoms with Crippen LogP contribution in [0.1, 0.15) is 40.7 Å². The van der Waals surface area contributed by atoms with Crippen molar-refractivity contribution in [2.24, 2.45) is 0 Å². The van der Waals surface area contributed by atoms with E-state index in [1.54, 1.807) is 4.90 Å². The highest BCUT2D eigenvalue weighted by molar-refractivity contribution is 5.94. The zero-order valence-corrected chi connectivity index (χ0v) is 13.7. The normalized spacial score (nSPS) is 13.2. The van der Waals surface area contributed by atoms with Crippen molar-refractivity contribution in [2.75, 3.05) is 19.7 Å². The van der Waals surface area contributed by atoms with E-state index in [0.29, 0.717) is 18.8 Å². The van der Waals surface area contributed by atoms with Crippen molar-refractivity contribution in [1.29, 1.82) is 0 Å². The third-order valence-electron chi connectivity index (χ3n) is 4.45. The lowest BCUT2D eigenvalue weighted by atomic mass is 10.2. The van der Waals surface area contributed by atoms with Gasteiger partial charge in [-0.05, 0) is 45.2 Å². The van der Waals surface area contributed by atoms with Gasteiger partial charge in [-0.15, -0.1) is 0 Å². The van der Waals surface area contributed by atoms with Gasteiger partial charge in [-0.2, -0.15) is 5.10 Å². The first-order valence-corrected chi connectivity index (χ1v) is 8.23. The minimum absolute atomic E-state index is 0.0273. The molecule has 0 unspecified atom stereocenters. The third kappa shape index (κ3) is 2.88. The topological polar surface area (TPSA) is 58.4 Å². The fraction of sp³-hybridized carbons (Fsp3) is 0.444. The molecular weight excluding hydrogens is 290 g/mol. The van der Waals surface area contributed by atoms with Gasteiger partial charge in [-0.1, -0.05) is 17.7 Å². The predicted molar refractivity (Wildman–Crippen MR) is 89.0 cm³/mol. The number of fused-ring (bicyclic) bond motifs is 1. The van der Waals surface area contributed by atoms with Crippen molar-refractivity contribution in [3.05, 3.63) is 46.8 Å². The van der Waals surface area contributed by atoms with Crippen LogP contribution in [0.15, 0.2) is 24.3 Å². The van der Waals surface area contributed by atoms with E-state index in [4.69, 9.17) is 5.11 Å². The van der Waals surface area contributed by atoms with E-state index >= 15 is 0 Å². The van der Waals surface area contributed by atoms with Gasteiger partial charge in [0.1, 0.15) is 0 Å². The molecule has 1 aromatic carbocycles. The average molecular weight is 313 g/mol. The molecule has 1 aliphatic carbocycles. The number of nitrogens with zero attached hydrogens (tertiary/aromatic N) is 3. The van der Waals surface area contributed by atoms with Crippen molar-refractivity contribution >= 4 is 5.91 Å². The van der Waals surface area contributed by atoms with Gasteiger partial charge in [-0.3, -0.25) is 4.79 Å². The van der Waals surface area contributed by atoms with E-state index in [2.05, 4.69) is 24.2 Å².